The Balaban J connectivity index is 2.14. The van der Waals surface area contributed by atoms with Gasteiger partial charge in [-0.15, -0.1) is 0 Å². The fourth-order valence-electron chi connectivity index (χ4n) is 3.41. The molecule has 5 aromatic rings. The van der Waals surface area contributed by atoms with Gasteiger partial charge in [-0.1, -0.05) is 0 Å². The number of fused-ring (bicyclic) bond motifs is 2. The molecule has 2 N–H and O–H groups in total. The Morgan fingerprint density at radius 3 is 2.54 bits per heavy atom. The van der Waals surface area contributed by atoms with E-state index in [0.29, 0.717) is 27.5 Å². The summed E-state index contributed by atoms with van der Waals surface area (Å²) in [5, 5.41) is 14.4. The number of aromatic nitrogens is 5. The lowest BCUT2D eigenvalue weighted by Gasteiger charge is -2.12. The predicted octanol–water partition coefficient (Wildman–Crippen LogP) is 0.469. The highest BCUT2D eigenvalue weighted by Crippen LogP contribution is 2.30. The van der Waals surface area contributed by atoms with E-state index >= 15 is 0 Å². The van der Waals surface area contributed by atoms with E-state index in [0.717, 1.165) is 15.5 Å². The number of aromatic amines is 1. The lowest BCUT2D eigenvalue weighted by Crippen LogP contribution is -2.34. The topological polar surface area (TPSA) is 105 Å². The average Bonchev–Trinajstić information content (AvgIpc) is 3.06. The second-order valence-electron chi connectivity index (χ2n) is 5.63. The van der Waals surface area contributed by atoms with Gasteiger partial charge in [-0.2, -0.15) is 0 Å². The van der Waals surface area contributed by atoms with E-state index in [9.17, 15) is 9.59 Å². The van der Waals surface area contributed by atoms with E-state index < -0.39 is 11.1 Å². The van der Waals surface area contributed by atoms with Gasteiger partial charge >= 0.3 is 0 Å². The SMILES string of the molecule is O=c1c2ccc3nc4nc[nH]n4c4ccc(c(=O)n1CCO)c2c34. The zero-order chi connectivity index (χ0) is 16.4. The second-order valence-corrected chi connectivity index (χ2v) is 5.63. The summed E-state index contributed by atoms with van der Waals surface area (Å²) >= 11 is 0. The molecule has 3 heterocycles. The third-order valence-electron chi connectivity index (χ3n) is 4.42. The van der Waals surface area contributed by atoms with Crippen LogP contribution in [0.4, 0.5) is 0 Å². The van der Waals surface area contributed by atoms with Gasteiger partial charge in [0, 0.05) is 21.5 Å². The van der Waals surface area contributed by atoms with Crippen molar-refractivity contribution in [3.8, 4) is 0 Å². The number of pyridine rings is 1. The third kappa shape index (κ3) is 1.45. The summed E-state index contributed by atoms with van der Waals surface area (Å²) in [4.78, 5) is 34.0. The van der Waals surface area contributed by atoms with Crippen LogP contribution in [0.3, 0.4) is 0 Å². The standard InChI is InChI=1S/C16H11N5O3/c22-6-5-20-14(23)8-1-3-10-13-11(21-16(19-10)17-7-18-21)4-2-9(12(8)13)15(20)24/h1-4,7,22H,5-6H2,(H,17,18,19). The minimum absolute atomic E-state index is 0.0219. The zero-order valence-electron chi connectivity index (χ0n) is 12.4. The van der Waals surface area contributed by atoms with Crippen molar-refractivity contribution >= 4 is 38.4 Å². The molecule has 0 fully saturated rings. The summed E-state index contributed by atoms with van der Waals surface area (Å²) in [5.41, 5.74) is 0.675. The molecule has 0 atom stereocenters. The molecule has 8 nitrogen and oxygen atoms in total. The molecule has 0 bridgehead atoms. The first-order chi connectivity index (χ1) is 11.7. The third-order valence-corrected chi connectivity index (χ3v) is 4.42. The van der Waals surface area contributed by atoms with E-state index in [2.05, 4.69) is 15.1 Å². The minimum atomic E-state index is -0.398. The molecule has 0 aliphatic rings. The summed E-state index contributed by atoms with van der Waals surface area (Å²) in [6.07, 6.45) is 1.54. The van der Waals surface area contributed by atoms with Crippen LogP contribution in [0.2, 0.25) is 0 Å². The van der Waals surface area contributed by atoms with Gasteiger partial charge in [0.15, 0.2) is 0 Å². The fourth-order valence-corrected chi connectivity index (χ4v) is 3.41. The minimum Gasteiger partial charge on any atom is -0.395 e. The van der Waals surface area contributed by atoms with Crippen molar-refractivity contribution in [2.75, 3.05) is 6.61 Å². The van der Waals surface area contributed by atoms with Crippen LogP contribution < -0.4 is 11.1 Å². The highest BCUT2D eigenvalue weighted by Gasteiger charge is 2.18. The fraction of sp³-hybridized carbons (Fsp3) is 0.125. The molecule has 5 rings (SSSR count). The van der Waals surface area contributed by atoms with Gasteiger partial charge in [0.1, 0.15) is 6.33 Å². The molecule has 0 amide bonds. The molecule has 118 valence electrons. The van der Waals surface area contributed by atoms with Gasteiger partial charge in [0.25, 0.3) is 16.9 Å². The summed E-state index contributed by atoms with van der Waals surface area (Å²) in [5.74, 6) is 0.515. The van der Waals surface area contributed by atoms with Gasteiger partial charge in [-0.05, 0) is 24.3 Å². The van der Waals surface area contributed by atoms with Crippen molar-refractivity contribution in [3.05, 3.63) is 51.3 Å². The Bertz CT molecular complexity index is 1330. The van der Waals surface area contributed by atoms with Crippen molar-refractivity contribution in [2.24, 2.45) is 0 Å². The first-order valence-corrected chi connectivity index (χ1v) is 7.45. The number of hydrogen-bond donors (Lipinski definition) is 2. The number of benzene rings is 2. The number of aliphatic hydroxyl groups is 1. The molecule has 0 saturated carbocycles. The summed E-state index contributed by atoms with van der Waals surface area (Å²) in [7, 11) is 0. The lowest BCUT2D eigenvalue weighted by atomic mass is 10.0. The quantitative estimate of drug-likeness (QED) is 0.460. The van der Waals surface area contributed by atoms with Crippen molar-refractivity contribution < 1.29 is 5.11 Å². The van der Waals surface area contributed by atoms with Gasteiger partial charge in [0.2, 0.25) is 0 Å². The number of H-pyrrole nitrogens is 1. The van der Waals surface area contributed by atoms with Crippen LogP contribution in [-0.2, 0) is 6.54 Å². The number of aliphatic hydroxyl groups excluding tert-OH is 1. The molecule has 24 heavy (non-hydrogen) atoms. The van der Waals surface area contributed by atoms with Crippen LogP contribution >= 0.6 is 0 Å². The molecule has 0 saturated heterocycles. The maximum atomic E-state index is 12.7. The van der Waals surface area contributed by atoms with Crippen molar-refractivity contribution in [1.82, 2.24) is 24.1 Å². The highest BCUT2D eigenvalue weighted by atomic mass is 16.3. The Morgan fingerprint density at radius 1 is 1.04 bits per heavy atom. The molecule has 0 radical (unpaired) electrons. The maximum Gasteiger partial charge on any atom is 0.261 e. The molecule has 2 aromatic carbocycles. The van der Waals surface area contributed by atoms with Crippen molar-refractivity contribution in [2.45, 2.75) is 6.54 Å². The molecule has 0 unspecified atom stereocenters. The molecule has 3 aromatic heterocycles. The number of nitrogens with zero attached hydrogens (tertiary/aromatic N) is 4. The Hall–Kier alpha value is -3.26. The van der Waals surface area contributed by atoms with E-state index in [4.69, 9.17) is 5.11 Å². The largest absolute Gasteiger partial charge is 0.395 e. The highest BCUT2D eigenvalue weighted by molar-refractivity contribution is 6.21. The van der Waals surface area contributed by atoms with Crippen LogP contribution in [0.1, 0.15) is 0 Å². The van der Waals surface area contributed by atoms with E-state index in [-0.39, 0.29) is 13.2 Å². The van der Waals surface area contributed by atoms with Crippen molar-refractivity contribution in [1.29, 1.82) is 0 Å². The molecular weight excluding hydrogens is 310 g/mol. The molecular formula is C16H11N5O3. The maximum absolute atomic E-state index is 12.7. The van der Waals surface area contributed by atoms with Gasteiger partial charge in [0.05, 0.1) is 24.2 Å². The van der Waals surface area contributed by atoms with Crippen LogP contribution in [0.5, 0.6) is 0 Å². The average molecular weight is 321 g/mol. The predicted molar refractivity (Wildman–Crippen MR) is 88.7 cm³/mol. The first-order valence-electron chi connectivity index (χ1n) is 7.45. The number of nitrogens with one attached hydrogen (secondary N) is 1. The molecule has 0 spiro atoms. The molecule has 8 heteroatoms. The molecule has 0 aliphatic carbocycles. The first kappa shape index (κ1) is 13.2. The Morgan fingerprint density at radius 2 is 1.79 bits per heavy atom. The van der Waals surface area contributed by atoms with Crippen LogP contribution in [0.15, 0.2) is 40.2 Å². The van der Waals surface area contributed by atoms with Crippen molar-refractivity contribution in [3.63, 3.8) is 0 Å². The van der Waals surface area contributed by atoms with Crippen LogP contribution in [0, 0.1) is 0 Å². The second kappa shape index (κ2) is 4.39. The van der Waals surface area contributed by atoms with E-state index in [1.807, 2.05) is 6.07 Å². The number of rotatable bonds is 2. The Labute approximate surface area is 132 Å². The zero-order valence-corrected chi connectivity index (χ0v) is 12.4. The van der Waals surface area contributed by atoms with E-state index in [1.165, 1.54) is 6.33 Å². The van der Waals surface area contributed by atoms with Crippen LogP contribution in [0.25, 0.3) is 38.4 Å². The summed E-state index contributed by atoms with van der Waals surface area (Å²) in [6.45, 7) is -0.291. The normalized spacial score (nSPS) is 12.2. The van der Waals surface area contributed by atoms with E-state index in [1.54, 1.807) is 22.7 Å². The van der Waals surface area contributed by atoms with Gasteiger partial charge in [-0.25, -0.2) is 14.5 Å². The van der Waals surface area contributed by atoms with Gasteiger partial charge < -0.3 is 5.11 Å². The summed E-state index contributed by atoms with van der Waals surface area (Å²) in [6, 6.07) is 6.95. The smallest absolute Gasteiger partial charge is 0.261 e. The molecule has 0 aliphatic heterocycles. The lowest BCUT2D eigenvalue weighted by molar-refractivity contribution is 0.273. The Kier molecular flexibility index (Phi) is 2.42. The summed E-state index contributed by atoms with van der Waals surface area (Å²) < 4.78 is 2.79. The van der Waals surface area contributed by atoms with Crippen LogP contribution in [-0.4, -0.2) is 35.9 Å². The van der Waals surface area contributed by atoms with Gasteiger partial charge in [-0.3, -0.25) is 19.3 Å². The number of hydrogen-bond acceptors (Lipinski definition) is 5. The monoisotopic (exact) mass is 321 g/mol.